The molecule has 0 spiro atoms. The van der Waals surface area contributed by atoms with Crippen molar-refractivity contribution in [3.05, 3.63) is 101 Å². The van der Waals surface area contributed by atoms with E-state index < -0.39 is 41.8 Å². The Hall–Kier alpha value is -4.78. The molecule has 3 unspecified atom stereocenters. The highest BCUT2D eigenvalue weighted by Gasteiger charge is 2.49. The molecule has 0 bridgehead atoms. The van der Waals surface area contributed by atoms with Crippen LogP contribution < -0.4 is 15.5 Å². The van der Waals surface area contributed by atoms with Gasteiger partial charge in [-0.3, -0.25) is 24.1 Å². The van der Waals surface area contributed by atoms with Crippen LogP contribution in [0.2, 0.25) is 5.02 Å². The van der Waals surface area contributed by atoms with Gasteiger partial charge in [-0.1, -0.05) is 79.0 Å². The van der Waals surface area contributed by atoms with Crippen LogP contribution in [-0.4, -0.2) is 74.7 Å². The van der Waals surface area contributed by atoms with E-state index in [1.807, 2.05) is 30.3 Å². The highest BCUT2D eigenvalue weighted by molar-refractivity contribution is 6.30. The molecule has 5 rings (SSSR count). The molecular formula is C39H45ClN4O8. The van der Waals surface area contributed by atoms with Crippen LogP contribution in [0.25, 0.3) is 0 Å². The molecular weight excluding hydrogens is 688 g/mol. The van der Waals surface area contributed by atoms with Gasteiger partial charge in [0, 0.05) is 49.9 Å². The van der Waals surface area contributed by atoms with Gasteiger partial charge in [-0.05, 0) is 60.2 Å². The summed E-state index contributed by atoms with van der Waals surface area (Å²) in [4.78, 5) is 68.6. The molecule has 12 nitrogen and oxygen atoms in total. The fraction of sp³-hybridized carbons (Fsp3) is 0.410. The van der Waals surface area contributed by atoms with Crippen LogP contribution in [-0.2, 0) is 36.8 Å². The van der Waals surface area contributed by atoms with E-state index in [4.69, 9.17) is 11.6 Å². The van der Waals surface area contributed by atoms with E-state index in [0.717, 1.165) is 18.4 Å². The number of carbonyl (C=O) groups excluding carboxylic acids is 4. The summed E-state index contributed by atoms with van der Waals surface area (Å²) in [6.45, 7) is 1.74. The van der Waals surface area contributed by atoms with Crippen molar-refractivity contribution in [1.82, 2.24) is 15.5 Å². The number of carbonyl (C=O) groups is 5. The Balaban J connectivity index is 1.41. The third-order valence-corrected chi connectivity index (χ3v) is 10.2. The van der Waals surface area contributed by atoms with Crippen LogP contribution in [0.3, 0.4) is 0 Å². The van der Waals surface area contributed by atoms with E-state index in [0.29, 0.717) is 47.6 Å². The van der Waals surface area contributed by atoms with E-state index in [1.165, 1.54) is 11.8 Å². The van der Waals surface area contributed by atoms with Gasteiger partial charge in [-0.25, -0.2) is 4.79 Å². The topological polar surface area (TPSA) is 177 Å². The predicted octanol–water partition coefficient (Wildman–Crippen LogP) is 4.11. The van der Waals surface area contributed by atoms with Crippen LogP contribution in [0, 0.1) is 5.41 Å². The van der Waals surface area contributed by atoms with Crippen molar-refractivity contribution in [3.8, 4) is 0 Å². The summed E-state index contributed by atoms with van der Waals surface area (Å²) in [6.07, 6.45) is 0.577. The first-order valence-electron chi connectivity index (χ1n) is 17.6. The van der Waals surface area contributed by atoms with Crippen molar-refractivity contribution >= 4 is 46.9 Å². The third kappa shape index (κ3) is 9.17. The average molecular weight is 733 g/mol. The van der Waals surface area contributed by atoms with Gasteiger partial charge in [0.1, 0.15) is 18.2 Å². The normalized spacial score (nSPS) is 18.8. The molecule has 1 aliphatic heterocycles. The molecule has 3 aromatic carbocycles. The zero-order valence-corrected chi connectivity index (χ0v) is 29.8. The molecule has 5 N–H and O–H groups in total. The maximum Gasteiger partial charge on any atom is 0.326 e. The molecule has 13 heteroatoms. The number of hydrogen-bond acceptors (Lipinski definition) is 7. The Morgan fingerprint density at radius 1 is 0.923 bits per heavy atom. The zero-order valence-electron chi connectivity index (χ0n) is 29.0. The summed E-state index contributed by atoms with van der Waals surface area (Å²) in [5.41, 5.74) is 1.79. The number of nitrogens with one attached hydrogen (secondary N) is 2. The minimum Gasteiger partial charge on any atom is -0.480 e. The number of anilines is 1. The number of aliphatic hydroxyl groups is 2. The summed E-state index contributed by atoms with van der Waals surface area (Å²) < 4.78 is 0. The van der Waals surface area contributed by atoms with Gasteiger partial charge >= 0.3 is 5.97 Å². The van der Waals surface area contributed by atoms with Crippen LogP contribution >= 0.6 is 11.6 Å². The van der Waals surface area contributed by atoms with Crippen molar-refractivity contribution in [3.63, 3.8) is 0 Å². The Bertz CT molecular complexity index is 1730. The quantitative estimate of drug-likeness (QED) is 0.145. The van der Waals surface area contributed by atoms with Gasteiger partial charge in [0.2, 0.25) is 17.7 Å². The maximum atomic E-state index is 14.4. The fourth-order valence-corrected chi connectivity index (χ4v) is 7.41. The van der Waals surface area contributed by atoms with Crippen molar-refractivity contribution in [2.45, 2.75) is 89.3 Å². The lowest BCUT2D eigenvalue weighted by molar-refractivity contribution is -0.144. The highest BCUT2D eigenvalue weighted by Crippen LogP contribution is 2.42. The van der Waals surface area contributed by atoms with E-state index in [9.17, 15) is 39.3 Å². The minimum atomic E-state index is -1.69. The van der Waals surface area contributed by atoms with Crippen LogP contribution in [0.1, 0.15) is 74.7 Å². The largest absolute Gasteiger partial charge is 0.480 e. The summed E-state index contributed by atoms with van der Waals surface area (Å²) in [7, 11) is 0. The first kappa shape index (κ1) is 38.5. The number of halogens is 1. The Morgan fingerprint density at radius 3 is 2.15 bits per heavy atom. The lowest BCUT2D eigenvalue weighted by atomic mass is 9.81. The molecule has 276 valence electrons. The van der Waals surface area contributed by atoms with E-state index in [2.05, 4.69) is 10.6 Å². The minimum absolute atomic E-state index is 0.00746. The first-order valence-corrected chi connectivity index (χ1v) is 17.9. The Morgan fingerprint density at radius 2 is 1.56 bits per heavy atom. The predicted molar refractivity (Wildman–Crippen MR) is 194 cm³/mol. The number of aliphatic hydroxyl groups excluding tert-OH is 1. The number of carboxylic acids is 1. The number of rotatable bonds is 15. The standard InChI is InChI=1S/C39H45ClN4O8/c1-25(45)41-22-21-39(19-5-6-20-39)38(52)42-31(37(50)51)23-26-11-15-30(16-12-26)43-35(28-7-3-2-4-8-28)44(33(46)17-18-34(47)48)32(36(43)49)24-27-9-13-29(40)14-10-27/h2-4,7-16,31-32,34-35,47-48H,5-6,17-24H2,1H3,(H,41,45)(H,42,52)(H,50,51). The summed E-state index contributed by atoms with van der Waals surface area (Å²) in [5.74, 6) is -2.47. The summed E-state index contributed by atoms with van der Waals surface area (Å²) in [5, 5.41) is 35.2. The molecule has 2 aliphatic rings. The van der Waals surface area contributed by atoms with Crippen LogP contribution in [0.4, 0.5) is 5.69 Å². The number of hydrogen-bond donors (Lipinski definition) is 5. The SMILES string of the molecule is CC(=O)NCCC1(C(=O)NC(Cc2ccc(N3C(=O)C(Cc4ccc(Cl)cc4)N(C(=O)CCC(O)O)C3c3ccccc3)cc2)C(=O)O)CCCC1. The molecule has 4 amide bonds. The number of amides is 4. The second-order valence-corrected chi connectivity index (χ2v) is 14.1. The van der Waals surface area contributed by atoms with E-state index in [-0.39, 0.29) is 43.4 Å². The van der Waals surface area contributed by atoms with Crippen LogP contribution in [0.15, 0.2) is 78.9 Å². The molecule has 1 saturated carbocycles. The molecule has 52 heavy (non-hydrogen) atoms. The van der Waals surface area contributed by atoms with Crippen molar-refractivity contribution < 1.29 is 39.3 Å². The molecule has 1 aliphatic carbocycles. The van der Waals surface area contributed by atoms with Gasteiger partial charge in [0.05, 0.1) is 5.41 Å². The molecule has 0 radical (unpaired) electrons. The smallest absolute Gasteiger partial charge is 0.326 e. The molecule has 2 fully saturated rings. The van der Waals surface area contributed by atoms with Crippen molar-refractivity contribution in [2.75, 3.05) is 11.4 Å². The van der Waals surface area contributed by atoms with Gasteiger partial charge in [0.25, 0.3) is 5.91 Å². The second kappa shape index (κ2) is 17.2. The van der Waals surface area contributed by atoms with Gasteiger partial charge in [-0.15, -0.1) is 0 Å². The second-order valence-electron chi connectivity index (χ2n) is 13.6. The lowest BCUT2D eigenvalue weighted by Crippen LogP contribution is -2.49. The average Bonchev–Trinajstić information content (AvgIpc) is 3.71. The Kier molecular flexibility index (Phi) is 12.7. The van der Waals surface area contributed by atoms with Crippen molar-refractivity contribution in [2.24, 2.45) is 5.41 Å². The van der Waals surface area contributed by atoms with Gasteiger partial charge in [-0.2, -0.15) is 0 Å². The molecule has 3 aromatic rings. The van der Waals surface area contributed by atoms with Crippen molar-refractivity contribution in [1.29, 1.82) is 0 Å². The zero-order chi connectivity index (χ0) is 37.4. The fourth-order valence-electron chi connectivity index (χ4n) is 7.28. The maximum absolute atomic E-state index is 14.4. The van der Waals surface area contributed by atoms with E-state index in [1.54, 1.807) is 53.4 Å². The Labute approximate surface area is 307 Å². The number of aliphatic carboxylic acids is 1. The van der Waals surface area contributed by atoms with Crippen LogP contribution in [0.5, 0.6) is 0 Å². The lowest BCUT2D eigenvalue weighted by Gasteiger charge is -2.32. The summed E-state index contributed by atoms with van der Waals surface area (Å²) in [6, 6.07) is 20.8. The van der Waals surface area contributed by atoms with E-state index >= 15 is 0 Å². The number of benzene rings is 3. The first-order chi connectivity index (χ1) is 24.9. The third-order valence-electron chi connectivity index (χ3n) is 9.99. The molecule has 1 heterocycles. The number of carboxylic acid groups (broad SMARTS) is 1. The van der Waals surface area contributed by atoms with Gasteiger partial charge in [0.15, 0.2) is 6.29 Å². The number of nitrogens with zero attached hydrogens (tertiary/aromatic N) is 2. The molecule has 0 aromatic heterocycles. The summed E-state index contributed by atoms with van der Waals surface area (Å²) >= 11 is 6.11. The molecule has 3 atom stereocenters. The van der Waals surface area contributed by atoms with Gasteiger partial charge < -0.3 is 30.9 Å². The molecule has 1 saturated heterocycles. The monoisotopic (exact) mass is 732 g/mol. The highest BCUT2D eigenvalue weighted by atomic mass is 35.5.